The summed E-state index contributed by atoms with van der Waals surface area (Å²) in [5.74, 6) is 0. The third-order valence-electron chi connectivity index (χ3n) is 2.07. The van der Waals surface area contributed by atoms with Crippen LogP contribution in [0.5, 0.6) is 0 Å². The first-order valence-electron chi connectivity index (χ1n) is 4.60. The number of hydrogen-bond acceptors (Lipinski definition) is 2. The first kappa shape index (κ1) is 9.03. The Balaban J connectivity index is 2.43. The quantitative estimate of drug-likeness (QED) is 0.786. The van der Waals surface area contributed by atoms with Crippen LogP contribution >= 0.6 is 0 Å². The number of furan rings is 1. The Labute approximate surface area is 82.5 Å². The number of rotatable bonds is 2. The summed E-state index contributed by atoms with van der Waals surface area (Å²) in [7, 11) is 0. The van der Waals surface area contributed by atoms with Crippen molar-refractivity contribution in [1.29, 1.82) is 0 Å². The van der Waals surface area contributed by atoms with Crippen LogP contribution in [0.2, 0.25) is 0 Å². The van der Waals surface area contributed by atoms with Gasteiger partial charge in [0.25, 0.3) is 0 Å². The van der Waals surface area contributed by atoms with E-state index in [0.29, 0.717) is 0 Å². The maximum atomic E-state index is 9.11. The summed E-state index contributed by atoms with van der Waals surface area (Å²) in [5, 5.41) is 10.2. The van der Waals surface area contributed by atoms with Crippen LogP contribution in [0.25, 0.3) is 17.0 Å². The molecule has 0 saturated heterocycles. The van der Waals surface area contributed by atoms with Gasteiger partial charge in [-0.2, -0.15) is 0 Å². The molecule has 0 bridgehead atoms. The summed E-state index contributed by atoms with van der Waals surface area (Å²) >= 11 is 0. The maximum absolute atomic E-state index is 9.11. The lowest BCUT2D eigenvalue weighted by atomic mass is 10.1. The monoisotopic (exact) mass is 188 g/mol. The topological polar surface area (TPSA) is 33.4 Å². The zero-order valence-electron chi connectivity index (χ0n) is 7.97. The standard InChI is InChI=1S/C12H12O2/c1-9(13)6-7-10-8-14-12-5-3-2-4-11(10)12/h2-9,13H,1H3/b7-6+. The molecule has 1 unspecified atom stereocenters. The van der Waals surface area contributed by atoms with E-state index < -0.39 is 6.10 Å². The smallest absolute Gasteiger partial charge is 0.134 e. The van der Waals surface area contributed by atoms with Gasteiger partial charge in [0.1, 0.15) is 5.58 Å². The number of fused-ring (bicyclic) bond motifs is 1. The van der Waals surface area contributed by atoms with E-state index in [2.05, 4.69) is 0 Å². The van der Waals surface area contributed by atoms with Gasteiger partial charge in [-0.3, -0.25) is 0 Å². The molecule has 2 rings (SSSR count). The zero-order chi connectivity index (χ0) is 9.97. The van der Waals surface area contributed by atoms with E-state index in [4.69, 9.17) is 9.52 Å². The largest absolute Gasteiger partial charge is 0.464 e. The molecule has 0 aliphatic heterocycles. The summed E-state index contributed by atoms with van der Waals surface area (Å²) in [4.78, 5) is 0. The predicted octanol–water partition coefficient (Wildman–Crippen LogP) is 2.83. The zero-order valence-corrected chi connectivity index (χ0v) is 7.97. The fourth-order valence-electron chi connectivity index (χ4n) is 1.37. The van der Waals surface area contributed by atoms with Crippen LogP contribution in [-0.2, 0) is 0 Å². The molecule has 0 spiro atoms. The number of hydrogen-bond donors (Lipinski definition) is 1. The highest BCUT2D eigenvalue weighted by molar-refractivity contribution is 5.86. The second-order valence-corrected chi connectivity index (χ2v) is 3.29. The van der Waals surface area contributed by atoms with Crippen LogP contribution in [0.3, 0.4) is 0 Å². The Morgan fingerprint density at radius 2 is 2.14 bits per heavy atom. The van der Waals surface area contributed by atoms with Gasteiger partial charge in [-0.1, -0.05) is 30.4 Å². The highest BCUT2D eigenvalue weighted by Gasteiger charge is 2.00. The summed E-state index contributed by atoms with van der Waals surface area (Å²) in [6.45, 7) is 1.72. The average molecular weight is 188 g/mol. The second kappa shape index (κ2) is 3.68. The van der Waals surface area contributed by atoms with E-state index in [1.165, 1.54) is 0 Å². The molecule has 72 valence electrons. The molecule has 2 heteroatoms. The Bertz CT molecular complexity index is 452. The summed E-state index contributed by atoms with van der Waals surface area (Å²) in [5.41, 5.74) is 1.87. The molecular formula is C12H12O2. The molecule has 0 fully saturated rings. The predicted molar refractivity (Wildman–Crippen MR) is 56.9 cm³/mol. The van der Waals surface area contributed by atoms with Crippen LogP contribution in [-0.4, -0.2) is 11.2 Å². The Morgan fingerprint density at radius 1 is 1.36 bits per heavy atom. The highest BCUT2D eigenvalue weighted by atomic mass is 16.3. The Hall–Kier alpha value is -1.54. The lowest BCUT2D eigenvalue weighted by Gasteiger charge is -1.92. The van der Waals surface area contributed by atoms with Crippen molar-refractivity contribution in [3.8, 4) is 0 Å². The molecule has 1 aromatic carbocycles. The second-order valence-electron chi connectivity index (χ2n) is 3.29. The van der Waals surface area contributed by atoms with Gasteiger partial charge in [0.2, 0.25) is 0 Å². The normalized spacial score (nSPS) is 13.9. The minimum absolute atomic E-state index is 0.427. The number of aliphatic hydroxyl groups excluding tert-OH is 1. The molecule has 2 aromatic rings. The van der Waals surface area contributed by atoms with Crippen LogP contribution in [0.15, 0.2) is 41.0 Å². The van der Waals surface area contributed by atoms with Crippen molar-refractivity contribution >= 4 is 17.0 Å². The van der Waals surface area contributed by atoms with Crippen LogP contribution in [0.4, 0.5) is 0 Å². The summed E-state index contributed by atoms with van der Waals surface area (Å²) < 4.78 is 5.35. The first-order valence-corrected chi connectivity index (χ1v) is 4.60. The van der Waals surface area contributed by atoms with Gasteiger partial charge in [0.15, 0.2) is 0 Å². The van der Waals surface area contributed by atoms with E-state index in [1.807, 2.05) is 30.3 Å². The van der Waals surface area contributed by atoms with Gasteiger partial charge in [0.05, 0.1) is 12.4 Å². The van der Waals surface area contributed by atoms with E-state index in [9.17, 15) is 0 Å². The van der Waals surface area contributed by atoms with E-state index in [-0.39, 0.29) is 0 Å². The maximum Gasteiger partial charge on any atom is 0.134 e. The summed E-state index contributed by atoms with van der Waals surface area (Å²) in [6, 6.07) is 7.83. The van der Waals surface area contributed by atoms with E-state index in [1.54, 1.807) is 19.3 Å². The number of para-hydroxylation sites is 1. The SMILES string of the molecule is CC(O)/C=C/c1coc2ccccc12. The Morgan fingerprint density at radius 3 is 2.93 bits per heavy atom. The van der Waals surface area contributed by atoms with Crippen molar-refractivity contribution in [2.24, 2.45) is 0 Å². The third-order valence-corrected chi connectivity index (χ3v) is 2.07. The van der Waals surface area contributed by atoms with Crippen molar-refractivity contribution in [2.45, 2.75) is 13.0 Å². The lowest BCUT2D eigenvalue weighted by molar-refractivity contribution is 0.245. The van der Waals surface area contributed by atoms with Crippen molar-refractivity contribution < 1.29 is 9.52 Å². The summed E-state index contributed by atoms with van der Waals surface area (Å²) in [6.07, 6.45) is 4.88. The van der Waals surface area contributed by atoms with Crippen molar-refractivity contribution in [3.63, 3.8) is 0 Å². The van der Waals surface area contributed by atoms with Crippen LogP contribution in [0.1, 0.15) is 12.5 Å². The molecule has 0 aliphatic carbocycles. The minimum atomic E-state index is -0.427. The molecule has 1 atom stereocenters. The number of benzene rings is 1. The van der Waals surface area contributed by atoms with Gasteiger partial charge in [-0.25, -0.2) is 0 Å². The third kappa shape index (κ3) is 1.70. The molecule has 2 nitrogen and oxygen atoms in total. The minimum Gasteiger partial charge on any atom is -0.464 e. The van der Waals surface area contributed by atoms with Gasteiger partial charge in [0, 0.05) is 10.9 Å². The Kier molecular flexibility index (Phi) is 2.37. The van der Waals surface area contributed by atoms with Gasteiger partial charge in [-0.15, -0.1) is 0 Å². The fourth-order valence-corrected chi connectivity index (χ4v) is 1.37. The van der Waals surface area contributed by atoms with Gasteiger partial charge in [-0.05, 0) is 13.0 Å². The molecule has 1 heterocycles. The average Bonchev–Trinajstić information content (AvgIpc) is 2.58. The van der Waals surface area contributed by atoms with Crippen molar-refractivity contribution in [2.75, 3.05) is 0 Å². The first-order chi connectivity index (χ1) is 6.77. The molecular weight excluding hydrogens is 176 g/mol. The van der Waals surface area contributed by atoms with Crippen LogP contribution < -0.4 is 0 Å². The van der Waals surface area contributed by atoms with Crippen LogP contribution in [0, 0.1) is 0 Å². The molecule has 1 N–H and O–H groups in total. The fraction of sp³-hybridized carbons (Fsp3) is 0.167. The lowest BCUT2D eigenvalue weighted by Crippen LogP contribution is -1.90. The van der Waals surface area contributed by atoms with Crippen molar-refractivity contribution in [3.05, 3.63) is 42.2 Å². The molecule has 0 aliphatic rings. The molecule has 1 aromatic heterocycles. The van der Waals surface area contributed by atoms with Gasteiger partial charge >= 0.3 is 0 Å². The van der Waals surface area contributed by atoms with Gasteiger partial charge < -0.3 is 9.52 Å². The van der Waals surface area contributed by atoms with E-state index in [0.717, 1.165) is 16.5 Å². The number of aliphatic hydroxyl groups is 1. The van der Waals surface area contributed by atoms with Crippen molar-refractivity contribution in [1.82, 2.24) is 0 Å². The highest BCUT2D eigenvalue weighted by Crippen LogP contribution is 2.21. The molecule has 0 amide bonds. The van der Waals surface area contributed by atoms with E-state index >= 15 is 0 Å². The molecule has 0 saturated carbocycles. The molecule has 14 heavy (non-hydrogen) atoms. The molecule has 0 radical (unpaired) electrons.